The molecule has 0 radical (unpaired) electrons. The van der Waals surface area contributed by atoms with Gasteiger partial charge in [0.05, 0.1) is 0 Å². The molecule has 0 unspecified atom stereocenters. The van der Waals surface area contributed by atoms with Crippen molar-refractivity contribution in [2.24, 2.45) is 5.41 Å². The van der Waals surface area contributed by atoms with Crippen molar-refractivity contribution in [1.29, 1.82) is 0 Å². The average molecular weight is 253 g/mol. The molecule has 1 aliphatic rings. The first-order chi connectivity index (χ1) is 8.49. The van der Waals surface area contributed by atoms with Gasteiger partial charge >= 0.3 is 0 Å². The van der Waals surface area contributed by atoms with E-state index < -0.39 is 0 Å². The second-order valence-corrected chi connectivity index (χ2v) is 6.95. The largest absolute Gasteiger partial charge is 0.343 e. The molecule has 0 atom stereocenters. The van der Waals surface area contributed by atoms with Gasteiger partial charge in [0.2, 0.25) is 5.91 Å². The lowest BCUT2D eigenvalue weighted by atomic mass is 9.91. The van der Waals surface area contributed by atoms with Crippen LogP contribution in [0.3, 0.4) is 0 Å². The third-order valence-electron chi connectivity index (χ3n) is 3.64. The van der Waals surface area contributed by atoms with Crippen LogP contribution in [0, 0.1) is 5.41 Å². The summed E-state index contributed by atoms with van der Waals surface area (Å²) in [4.78, 5) is 14.4. The fraction of sp³-hybridized carbons (Fsp3) is 0.938. The number of nitrogens with zero attached hydrogens (tertiary/aromatic N) is 1. The minimum atomic E-state index is 0.114. The Bertz CT molecular complexity index is 230. The van der Waals surface area contributed by atoms with E-state index in [0.29, 0.717) is 12.3 Å². The molecule has 0 bridgehead atoms. The molecule has 18 heavy (non-hydrogen) atoms. The van der Waals surface area contributed by atoms with Crippen LogP contribution in [0.4, 0.5) is 0 Å². The summed E-state index contributed by atoms with van der Waals surface area (Å²) < 4.78 is 0. The molecule has 106 valence electrons. The number of hydrogen-bond acceptors (Lipinski definition) is 1. The van der Waals surface area contributed by atoms with Crippen LogP contribution in [0.2, 0.25) is 0 Å². The van der Waals surface area contributed by atoms with Gasteiger partial charge in [-0.3, -0.25) is 4.79 Å². The van der Waals surface area contributed by atoms with Gasteiger partial charge in [-0.25, -0.2) is 0 Å². The summed E-state index contributed by atoms with van der Waals surface area (Å²) in [5, 5.41) is 0. The molecular weight excluding hydrogens is 222 g/mol. The number of amides is 1. The summed E-state index contributed by atoms with van der Waals surface area (Å²) >= 11 is 0. The molecule has 1 heterocycles. The quantitative estimate of drug-likeness (QED) is 0.679. The zero-order valence-electron chi connectivity index (χ0n) is 12.6. The van der Waals surface area contributed by atoms with Crippen molar-refractivity contribution < 1.29 is 4.79 Å². The molecule has 2 heteroatoms. The van der Waals surface area contributed by atoms with Gasteiger partial charge in [-0.05, 0) is 18.3 Å². The van der Waals surface area contributed by atoms with Crippen molar-refractivity contribution >= 4 is 5.91 Å². The van der Waals surface area contributed by atoms with Crippen LogP contribution in [0.5, 0.6) is 0 Å². The van der Waals surface area contributed by atoms with E-state index in [1.807, 2.05) is 0 Å². The van der Waals surface area contributed by atoms with Crippen LogP contribution in [0.1, 0.15) is 78.6 Å². The maximum absolute atomic E-state index is 12.3. The summed E-state index contributed by atoms with van der Waals surface area (Å²) in [5.74, 6) is 0.363. The Morgan fingerprint density at radius 2 is 1.22 bits per heavy atom. The van der Waals surface area contributed by atoms with Crippen molar-refractivity contribution in [3.05, 3.63) is 0 Å². The van der Waals surface area contributed by atoms with Gasteiger partial charge in [0.15, 0.2) is 0 Å². The Labute approximate surface area is 113 Å². The van der Waals surface area contributed by atoms with E-state index in [1.165, 1.54) is 51.4 Å². The molecule has 1 rings (SSSR count). The monoisotopic (exact) mass is 253 g/mol. The average Bonchev–Trinajstić information content (AvgIpc) is 2.31. The second kappa shape index (κ2) is 7.81. The highest BCUT2D eigenvalue weighted by Gasteiger charge is 2.20. The molecule has 0 aromatic rings. The SMILES string of the molecule is CC(C)(C)CC(=O)N1CCCCCCCCCC1. The maximum Gasteiger partial charge on any atom is 0.223 e. The normalized spacial score (nSPS) is 20.3. The van der Waals surface area contributed by atoms with Crippen molar-refractivity contribution in [3.8, 4) is 0 Å². The zero-order chi connectivity index (χ0) is 13.4. The number of hydrogen-bond donors (Lipinski definition) is 0. The molecule has 1 amide bonds. The highest BCUT2D eigenvalue weighted by Crippen LogP contribution is 2.21. The Balaban J connectivity index is 2.45. The van der Waals surface area contributed by atoms with E-state index in [-0.39, 0.29) is 5.41 Å². The lowest BCUT2D eigenvalue weighted by Gasteiger charge is -2.26. The van der Waals surface area contributed by atoms with Gasteiger partial charge in [0.1, 0.15) is 0 Å². The Morgan fingerprint density at radius 3 is 1.61 bits per heavy atom. The molecule has 2 nitrogen and oxygen atoms in total. The van der Waals surface area contributed by atoms with Gasteiger partial charge in [0.25, 0.3) is 0 Å². The molecule has 1 saturated heterocycles. The fourth-order valence-corrected chi connectivity index (χ4v) is 2.59. The third kappa shape index (κ3) is 7.03. The van der Waals surface area contributed by atoms with E-state index in [0.717, 1.165) is 13.1 Å². The van der Waals surface area contributed by atoms with Crippen LogP contribution < -0.4 is 0 Å². The van der Waals surface area contributed by atoms with E-state index in [1.54, 1.807) is 0 Å². The van der Waals surface area contributed by atoms with Gasteiger partial charge in [-0.1, -0.05) is 59.3 Å². The van der Waals surface area contributed by atoms with E-state index in [2.05, 4.69) is 25.7 Å². The van der Waals surface area contributed by atoms with Gasteiger partial charge in [0, 0.05) is 19.5 Å². The number of carbonyl (C=O) groups excluding carboxylic acids is 1. The molecule has 0 saturated carbocycles. The summed E-state index contributed by atoms with van der Waals surface area (Å²) in [7, 11) is 0. The predicted molar refractivity (Wildman–Crippen MR) is 77.6 cm³/mol. The van der Waals surface area contributed by atoms with Crippen LogP contribution in [-0.4, -0.2) is 23.9 Å². The van der Waals surface area contributed by atoms with E-state index >= 15 is 0 Å². The molecule has 0 aliphatic carbocycles. The summed E-state index contributed by atoms with van der Waals surface area (Å²) in [6, 6.07) is 0. The zero-order valence-corrected chi connectivity index (χ0v) is 12.6. The number of carbonyl (C=O) groups is 1. The Hall–Kier alpha value is -0.530. The first-order valence-electron chi connectivity index (χ1n) is 7.77. The van der Waals surface area contributed by atoms with Crippen molar-refractivity contribution in [2.75, 3.05) is 13.1 Å². The van der Waals surface area contributed by atoms with Crippen molar-refractivity contribution in [1.82, 2.24) is 4.90 Å². The van der Waals surface area contributed by atoms with Crippen LogP contribution in [-0.2, 0) is 4.79 Å². The van der Waals surface area contributed by atoms with Gasteiger partial charge < -0.3 is 4.90 Å². The second-order valence-electron chi connectivity index (χ2n) is 6.95. The minimum absolute atomic E-state index is 0.114. The molecule has 0 aromatic heterocycles. The molecular formula is C16H31NO. The molecule has 1 fully saturated rings. The topological polar surface area (TPSA) is 20.3 Å². The molecule has 1 aliphatic heterocycles. The van der Waals surface area contributed by atoms with Gasteiger partial charge in [-0.2, -0.15) is 0 Å². The fourth-order valence-electron chi connectivity index (χ4n) is 2.59. The molecule has 0 N–H and O–H groups in total. The van der Waals surface area contributed by atoms with E-state index in [4.69, 9.17) is 0 Å². The van der Waals surface area contributed by atoms with E-state index in [9.17, 15) is 4.79 Å². The lowest BCUT2D eigenvalue weighted by Crippen LogP contribution is -2.35. The molecule has 0 spiro atoms. The predicted octanol–water partition coefficient (Wildman–Crippen LogP) is 4.39. The van der Waals surface area contributed by atoms with Gasteiger partial charge in [-0.15, -0.1) is 0 Å². The van der Waals surface area contributed by atoms with Crippen LogP contribution >= 0.6 is 0 Å². The van der Waals surface area contributed by atoms with Crippen LogP contribution in [0.25, 0.3) is 0 Å². The molecule has 0 aromatic carbocycles. The Morgan fingerprint density at radius 1 is 0.833 bits per heavy atom. The Kier molecular flexibility index (Phi) is 6.73. The lowest BCUT2D eigenvalue weighted by molar-refractivity contribution is -0.133. The number of rotatable bonds is 1. The summed E-state index contributed by atoms with van der Waals surface area (Å²) in [5.41, 5.74) is 0.114. The third-order valence-corrected chi connectivity index (χ3v) is 3.64. The minimum Gasteiger partial charge on any atom is -0.343 e. The summed E-state index contributed by atoms with van der Waals surface area (Å²) in [6.45, 7) is 8.41. The highest BCUT2D eigenvalue weighted by molar-refractivity contribution is 5.76. The highest BCUT2D eigenvalue weighted by atomic mass is 16.2. The first-order valence-corrected chi connectivity index (χ1v) is 7.77. The maximum atomic E-state index is 12.3. The first kappa shape index (κ1) is 15.5. The van der Waals surface area contributed by atoms with Crippen molar-refractivity contribution in [2.45, 2.75) is 78.6 Å². The van der Waals surface area contributed by atoms with Crippen molar-refractivity contribution in [3.63, 3.8) is 0 Å². The summed E-state index contributed by atoms with van der Waals surface area (Å²) in [6.07, 6.45) is 11.1. The smallest absolute Gasteiger partial charge is 0.223 e. The van der Waals surface area contributed by atoms with Crippen LogP contribution in [0.15, 0.2) is 0 Å². The standard InChI is InChI=1S/C16H31NO/c1-16(2,3)14-15(18)17-12-10-8-6-4-5-7-9-11-13-17/h4-14H2,1-3H3.